The van der Waals surface area contributed by atoms with Crippen molar-refractivity contribution in [1.82, 2.24) is 25.8 Å². The van der Waals surface area contributed by atoms with E-state index in [2.05, 4.69) is 39.4 Å². The minimum Gasteiger partial charge on any atom is -0.492 e. The molecule has 93 heavy (non-hydrogen) atoms. The highest BCUT2D eigenvalue weighted by atomic mass is 35.5. The second-order valence-electron chi connectivity index (χ2n) is 24.5. The number of hydrogen-bond acceptors (Lipinski definition) is 20. The van der Waals surface area contributed by atoms with E-state index >= 15 is 0 Å². The molecular weight excluding hydrogens is 1220 g/mol. The SMILES string of the molecule is C=C(C(=O)OC)N(C(=O)OC(C)(C)C)C(=O)OC(C)(C)C.COC(=O)C(CNCCOc1ccc(CCCCNC(=O)OCc2ccccc2)cc1)N(C(=O)OC(C)(C)C)C(=O)OC(C)(C)C.Cl.NCCOc1ccc(CCCCNC(=O)OCc2ccccc2)cc1. The van der Waals surface area contributed by atoms with Gasteiger partial charge in [0.1, 0.15) is 66.0 Å². The number of rotatable bonds is 27. The number of nitrogens with two attached hydrogens (primary N) is 1. The molecule has 0 aliphatic heterocycles. The van der Waals surface area contributed by atoms with Gasteiger partial charge in [0.25, 0.3) is 0 Å². The zero-order chi connectivity index (χ0) is 68.9. The van der Waals surface area contributed by atoms with Crippen LogP contribution in [0.2, 0.25) is 0 Å². The molecule has 0 radical (unpaired) electrons. The van der Waals surface area contributed by atoms with Crippen molar-refractivity contribution in [3.05, 3.63) is 144 Å². The van der Waals surface area contributed by atoms with Gasteiger partial charge in [-0.25, -0.2) is 38.4 Å². The molecule has 4 rings (SSSR count). The Kier molecular flexibility index (Phi) is 37.7. The first-order chi connectivity index (χ1) is 43.2. The van der Waals surface area contributed by atoms with E-state index in [0.29, 0.717) is 54.9 Å². The lowest BCUT2D eigenvalue weighted by Gasteiger charge is -2.32. The second kappa shape index (κ2) is 42.5. The van der Waals surface area contributed by atoms with Crippen molar-refractivity contribution in [3.8, 4) is 11.5 Å². The van der Waals surface area contributed by atoms with Gasteiger partial charge in [0.15, 0.2) is 6.04 Å². The summed E-state index contributed by atoms with van der Waals surface area (Å²) < 4.78 is 51.9. The quantitative estimate of drug-likeness (QED) is 0.0187. The van der Waals surface area contributed by atoms with Gasteiger partial charge in [-0.2, -0.15) is 9.80 Å². The van der Waals surface area contributed by atoms with Gasteiger partial charge in [0, 0.05) is 32.7 Å². The summed E-state index contributed by atoms with van der Waals surface area (Å²) in [6.45, 7) is 26.2. The largest absolute Gasteiger partial charge is 0.492 e. The van der Waals surface area contributed by atoms with Crippen molar-refractivity contribution in [2.75, 3.05) is 60.2 Å². The Bertz CT molecular complexity index is 2830. The highest BCUT2D eigenvalue weighted by Crippen LogP contribution is 2.21. The van der Waals surface area contributed by atoms with Crippen molar-refractivity contribution in [2.24, 2.45) is 5.73 Å². The van der Waals surface area contributed by atoms with Crippen LogP contribution in [0.3, 0.4) is 0 Å². The van der Waals surface area contributed by atoms with Crippen LogP contribution >= 0.6 is 12.4 Å². The molecule has 0 aromatic heterocycles. The Morgan fingerprint density at radius 1 is 0.484 bits per heavy atom. The summed E-state index contributed by atoms with van der Waals surface area (Å²) in [5.41, 5.74) is 5.71. The van der Waals surface area contributed by atoms with Crippen LogP contribution in [0.4, 0.5) is 28.8 Å². The van der Waals surface area contributed by atoms with Crippen molar-refractivity contribution in [3.63, 3.8) is 0 Å². The number of halogens is 1. The number of unbranched alkanes of at least 4 members (excludes halogenated alkanes) is 2. The highest BCUT2D eigenvalue weighted by Gasteiger charge is 2.41. The maximum Gasteiger partial charge on any atom is 0.424 e. The van der Waals surface area contributed by atoms with Crippen molar-refractivity contribution < 1.29 is 85.7 Å². The Morgan fingerprint density at radius 2 is 0.860 bits per heavy atom. The van der Waals surface area contributed by atoms with E-state index < -0.39 is 76.5 Å². The minimum absolute atomic E-state index is 0. The first-order valence-corrected chi connectivity index (χ1v) is 30.3. The third-order valence-corrected chi connectivity index (χ3v) is 11.7. The van der Waals surface area contributed by atoms with Gasteiger partial charge in [-0.05, 0) is 168 Å². The van der Waals surface area contributed by atoms with Gasteiger partial charge in [0.2, 0.25) is 0 Å². The fraction of sp³-hybridized carbons (Fsp3) is 0.500. The van der Waals surface area contributed by atoms with Gasteiger partial charge in [-0.1, -0.05) is 91.5 Å². The zero-order valence-corrected chi connectivity index (χ0v) is 57.3. The van der Waals surface area contributed by atoms with Crippen LogP contribution < -0.4 is 31.2 Å². The van der Waals surface area contributed by atoms with Gasteiger partial charge < -0.3 is 69.1 Å². The number of carbonyl (C=O) groups excluding carboxylic acids is 8. The van der Waals surface area contributed by atoms with Gasteiger partial charge in [-0.15, -0.1) is 12.4 Å². The first kappa shape index (κ1) is 82.4. The van der Waals surface area contributed by atoms with E-state index in [1.807, 2.05) is 97.1 Å². The number of aryl methyl sites for hydroxylation is 2. The lowest BCUT2D eigenvalue weighted by atomic mass is 10.1. The third kappa shape index (κ3) is 37.5. The number of imide groups is 2. The summed E-state index contributed by atoms with van der Waals surface area (Å²) in [5.74, 6) is -0.231. The van der Waals surface area contributed by atoms with E-state index in [0.717, 1.165) is 68.1 Å². The predicted molar refractivity (Wildman–Crippen MR) is 354 cm³/mol. The number of hydrogen-bond donors (Lipinski definition) is 4. The van der Waals surface area contributed by atoms with Crippen molar-refractivity contribution in [1.29, 1.82) is 0 Å². The zero-order valence-electron chi connectivity index (χ0n) is 56.5. The molecule has 5 N–H and O–H groups in total. The molecule has 1 atom stereocenters. The molecule has 0 heterocycles. The summed E-state index contributed by atoms with van der Waals surface area (Å²) in [7, 11) is 2.28. The number of amides is 6. The maximum atomic E-state index is 13.0. The number of methoxy groups -OCH3 is 2. The molecule has 25 heteroatoms. The van der Waals surface area contributed by atoms with E-state index in [1.165, 1.54) is 12.7 Å². The Balaban J connectivity index is 0.000000772. The summed E-state index contributed by atoms with van der Waals surface area (Å²) in [6.07, 6.45) is 0.480. The minimum atomic E-state index is -1.33. The summed E-state index contributed by atoms with van der Waals surface area (Å²) in [4.78, 5) is 98.8. The van der Waals surface area contributed by atoms with Crippen LogP contribution in [0.15, 0.2) is 121 Å². The normalized spacial score (nSPS) is 11.3. The summed E-state index contributed by atoms with van der Waals surface area (Å²) in [6, 6.07) is 33.6. The van der Waals surface area contributed by atoms with Crippen molar-refractivity contribution in [2.45, 2.75) is 163 Å². The average molecular weight is 1320 g/mol. The van der Waals surface area contributed by atoms with Gasteiger partial charge in [-0.3, -0.25) is 0 Å². The fourth-order valence-corrected chi connectivity index (χ4v) is 7.49. The van der Waals surface area contributed by atoms with E-state index in [9.17, 15) is 38.4 Å². The van der Waals surface area contributed by atoms with Crippen LogP contribution in [0, 0.1) is 0 Å². The first-order valence-electron chi connectivity index (χ1n) is 30.3. The summed E-state index contributed by atoms with van der Waals surface area (Å²) >= 11 is 0. The molecule has 4 aromatic carbocycles. The van der Waals surface area contributed by atoms with E-state index in [-0.39, 0.29) is 38.3 Å². The topological polar surface area (TPSA) is 297 Å². The third-order valence-electron chi connectivity index (χ3n) is 11.7. The number of nitrogens with one attached hydrogen (secondary N) is 3. The number of alkyl carbamates (subject to hydrolysis) is 2. The monoisotopic (exact) mass is 1320 g/mol. The van der Waals surface area contributed by atoms with Crippen molar-refractivity contribution >= 4 is 60.9 Å². The Morgan fingerprint density at radius 3 is 1.22 bits per heavy atom. The molecule has 1 unspecified atom stereocenters. The second-order valence-corrected chi connectivity index (χ2v) is 24.5. The highest BCUT2D eigenvalue weighted by molar-refractivity contribution is 6.00. The van der Waals surface area contributed by atoms with E-state index in [4.69, 9.17) is 48.4 Å². The molecule has 0 saturated heterocycles. The molecule has 0 saturated carbocycles. The van der Waals surface area contributed by atoms with Gasteiger partial charge in [0.05, 0.1) is 14.2 Å². The molecule has 6 amide bonds. The molecule has 0 aliphatic carbocycles. The van der Waals surface area contributed by atoms with E-state index in [1.54, 1.807) is 83.1 Å². The van der Waals surface area contributed by atoms with Crippen LogP contribution in [0.5, 0.6) is 11.5 Å². The average Bonchev–Trinajstić information content (AvgIpc) is 1.02. The smallest absolute Gasteiger partial charge is 0.424 e. The fourth-order valence-electron chi connectivity index (χ4n) is 7.49. The van der Waals surface area contributed by atoms with Crippen LogP contribution in [-0.4, -0.2) is 147 Å². The number of ether oxygens (including phenoxy) is 10. The standard InChI is InChI=1S/C34H49N3O9.C20H26N2O3.C14H23NO6.ClH/c1-33(2,3)45-31(40)37(32(41)46-34(4,5)6)28(29(38)42-7)23-35-21-22-43-27-18-16-25(17-19-27)13-11-12-20-36-30(39)44-24-26-14-9-8-10-15-26;21-13-15-24-19-11-9-17(10-12-19)6-4-5-14-22-20(23)25-16-18-7-2-1-3-8-18;1-9(10(16)19-8)15(11(17)20-13(2,3)4)12(18)21-14(5,6)7;/h8-10,14-19,28,35H,11-13,20-24H2,1-7H3,(H,36,39);1-3,7-12H,4-6,13-16,21H2,(H,22,23);1H2,2-8H3;1H. The molecule has 0 spiro atoms. The molecule has 4 aromatic rings. The molecule has 0 aliphatic rings. The molecular formula is C68H99ClN6O18. The number of esters is 2. The molecule has 0 bridgehead atoms. The number of benzene rings is 4. The maximum absolute atomic E-state index is 13.0. The van der Waals surface area contributed by atoms with Gasteiger partial charge >= 0.3 is 48.5 Å². The van der Waals surface area contributed by atoms with Crippen LogP contribution in [-0.2, 0) is 73.5 Å². The summed E-state index contributed by atoms with van der Waals surface area (Å²) in [5, 5.41) is 8.59. The number of carbonyl (C=O) groups is 8. The number of nitrogens with zero attached hydrogens (tertiary/aromatic N) is 2. The molecule has 24 nitrogen and oxygen atoms in total. The Hall–Kier alpha value is -8.61. The van der Waals surface area contributed by atoms with Crippen LogP contribution in [0.25, 0.3) is 0 Å². The van der Waals surface area contributed by atoms with Crippen LogP contribution in [0.1, 0.15) is 131 Å². The predicted octanol–water partition coefficient (Wildman–Crippen LogP) is 12.2. The lowest BCUT2D eigenvalue weighted by Crippen LogP contribution is -2.55. The molecule has 516 valence electrons. The Labute approximate surface area is 554 Å². The lowest BCUT2D eigenvalue weighted by molar-refractivity contribution is -0.146. The molecule has 0 fully saturated rings.